The van der Waals surface area contributed by atoms with E-state index in [0.29, 0.717) is 13.2 Å². The lowest BCUT2D eigenvalue weighted by molar-refractivity contribution is 0.129. The van der Waals surface area contributed by atoms with Crippen LogP contribution in [0.15, 0.2) is 34.9 Å². The first-order chi connectivity index (χ1) is 10.2. The molecule has 0 heterocycles. The van der Waals surface area contributed by atoms with E-state index in [1.165, 1.54) is 0 Å². The molecule has 1 aromatic rings. The maximum Gasteiger partial charge on any atom is 0.318 e. The van der Waals surface area contributed by atoms with Crippen molar-refractivity contribution >= 4 is 28.0 Å². The summed E-state index contributed by atoms with van der Waals surface area (Å²) in [7, 11) is 0. The van der Waals surface area contributed by atoms with Crippen molar-refractivity contribution in [2.75, 3.05) is 19.8 Å². The lowest BCUT2D eigenvalue weighted by Gasteiger charge is -2.05. The number of carbonyl (C=O) groups excluding carboxylic acids is 1. The summed E-state index contributed by atoms with van der Waals surface area (Å²) >= 11 is 3.45. The summed E-state index contributed by atoms with van der Waals surface area (Å²) in [5.41, 5.74) is 1.02. The van der Waals surface area contributed by atoms with Crippen molar-refractivity contribution in [3.05, 3.63) is 40.5 Å². The Hall–Kier alpha value is -1.33. The summed E-state index contributed by atoms with van der Waals surface area (Å²) in [6.45, 7) is 4.24. The van der Waals surface area contributed by atoms with Crippen LogP contribution in [0.5, 0.6) is 0 Å². The standard InChI is InChI=1S/C16H23BrN2O2/c1-2-3-12-21-13-6-10-18-16(20)19-11-9-14-7-4-5-8-15(14)17/h4-5,7-9,11H,2-3,6,10,12-13H2,1H3,(H2,18,19,20)/b11-9+. The van der Waals surface area contributed by atoms with Gasteiger partial charge in [-0.1, -0.05) is 47.5 Å². The number of amides is 2. The molecule has 0 bridgehead atoms. The summed E-state index contributed by atoms with van der Waals surface area (Å²) in [4.78, 5) is 11.5. The van der Waals surface area contributed by atoms with Gasteiger partial charge >= 0.3 is 6.03 Å². The predicted molar refractivity (Wildman–Crippen MR) is 90.1 cm³/mol. The lowest BCUT2D eigenvalue weighted by atomic mass is 10.2. The second-order valence-corrected chi connectivity index (χ2v) is 5.43. The van der Waals surface area contributed by atoms with Gasteiger partial charge in [-0.3, -0.25) is 0 Å². The third-order valence-electron chi connectivity index (χ3n) is 2.78. The van der Waals surface area contributed by atoms with E-state index in [4.69, 9.17) is 4.74 Å². The van der Waals surface area contributed by atoms with Gasteiger partial charge in [0.2, 0.25) is 0 Å². The second kappa shape index (κ2) is 11.3. The lowest BCUT2D eigenvalue weighted by Crippen LogP contribution is -2.33. The van der Waals surface area contributed by atoms with Crippen LogP contribution in [-0.2, 0) is 4.74 Å². The first-order valence-electron chi connectivity index (χ1n) is 7.27. The van der Waals surface area contributed by atoms with E-state index in [2.05, 4.69) is 33.5 Å². The molecule has 0 atom stereocenters. The number of carbonyl (C=O) groups is 1. The molecule has 0 unspecified atom stereocenters. The summed E-state index contributed by atoms with van der Waals surface area (Å²) in [5, 5.41) is 5.46. The average Bonchev–Trinajstić information content (AvgIpc) is 2.48. The van der Waals surface area contributed by atoms with Crippen LogP contribution in [0.4, 0.5) is 4.79 Å². The van der Waals surface area contributed by atoms with E-state index >= 15 is 0 Å². The third kappa shape index (κ3) is 8.52. The van der Waals surface area contributed by atoms with Gasteiger partial charge in [-0.15, -0.1) is 0 Å². The van der Waals surface area contributed by atoms with Crippen molar-refractivity contribution < 1.29 is 9.53 Å². The first kappa shape index (κ1) is 17.7. The minimum atomic E-state index is -0.202. The number of rotatable bonds is 9. The summed E-state index contributed by atoms with van der Waals surface area (Å²) in [6.07, 6.45) is 6.54. The fourth-order valence-corrected chi connectivity index (χ4v) is 2.01. The molecule has 1 aromatic carbocycles. The number of halogens is 1. The molecular formula is C16H23BrN2O2. The number of nitrogens with one attached hydrogen (secondary N) is 2. The quantitative estimate of drug-likeness (QED) is 0.660. The van der Waals surface area contributed by atoms with E-state index in [1.807, 2.05) is 30.3 Å². The average molecular weight is 355 g/mol. The van der Waals surface area contributed by atoms with Crippen LogP contribution in [0.3, 0.4) is 0 Å². The largest absolute Gasteiger partial charge is 0.381 e. The Morgan fingerprint density at radius 1 is 1.29 bits per heavy atom. The highest BCUT2D eigenvalue weighted by Gasteiger charge is 1.97. The van der Waals surface area contributed by atoms with Crippen molar-refractivity contribution in [3.63, 3.8) is 0 Å². The van der Waals surface area contributed by atoms with Gasteiger partial charge in [0.1, 0.15) is 0 Å². The normalized spacial score (nSPS) is 10.8. The molecule has 0 spiro atoms. The monoisotopic (exact) mass is 354 g/mol. The van der Waals surface area contributed by atoms with E-state index in [0.717, 1.165) is 35.9 Å². The molecule has 0 radical (unpaired) electrons. The number of hydrogen-bond acceptors (Lipinski definition) is 2. The van der Waals surface area contributed by atoms with Gasteiger partial charge in [-0.25, -0.2) is 4.79 Å². The van der Waals surface area contributed by atoms with Crippen LogP contribution in [0.2, 0.25) is 0 Å². The first-order valence-corrected chi connectivity index (χ1v) is 8.06. The fourth-order valence-electron chi connectivity index (χ4n) is 1.59. The molecule has 0 aliphatic rings. The maximum atomic E-state index is 11.5. The van der Waals surface area contributed by atoms with Crippen LogP contribution >= 0.6 is 15.9 Å². The van der Waals surface area contributed by atoms with Gasteiger partial charge in [0.25, 0.3) is 0 Å². The third-order valence-corrected chi connectivity index (χ3v) is 3.50. The Labute approximate surface area is 135 Å². The molecule has 0 saturated heterocycles. The van der Waals surface area contributed by atoms with Gasteiger partial charge in [0.15, 0.2) is 0 Å². The minimum absolute atomic E-state index is 0.202. The smallest absolute Gasteiger partial charge is 0.318 e. The molecule has 2 amide bonds. The molecule has 0 fully saturated rings. The highest BCUT2D eigenvalue weighted by atomic mass is 79.9. The minimum Gasteiger partial charge on any atom is -0.381 e. The molecule has 116 valence electrons. The van der Waals surface area contributed by atoms with Crippen molar-refractivity contribution in [2.24, 2.45) is 0 Å². The van der Waals surface area contributed by atoms with Crippen LogP contribution in [0.25, 0.3) is 6.08 Å². The molecule has 0 aliphatic heterocycles. The van der Waals surface area contributed by atoms with Gasteiger partial charge in [0, 0.05) is 30.4 Å². The predicted octanol–water partition coefficient (Wildman–Crippen LogP) is 3.93. The Bertz CT molecular complexity index is 450. The Morgan fingerprint density at radius 2 is 2.05 bits per heavy atom. The molecule has 2 N–H and O–H groups in total. The molecule has 0 aromatic heterocycles. The van der Waals surface area contributed by atoms with Gasteiger partial charge in [-0.2, -0.15) is 0 Å². The Morgan fingerprint density at radius 3 is 2.81 bits per heavy atom. The SMILES string of the molecule is CCCCOCCCNC(=O)N/C=C/c1ccccc1Br. The molecule has 21 heavy (non-hydrogen) atoms. The zero-order valence-corrected chi connectivity index (χ0v) is 14.0. The van der Waals surface area contributed by atoms with Crippen molar-refractivity contribution in [1.82, 2.24) is 10.6 Å². The van der Waals surface area contributed by atoms with Gasteiger partial charge in [-0.05, 0) is 30.5 Å². The summed E-state index contributed by atoms with van der Waals surface area (Å²) in [5.74, 6) is 0. The molecule has 1 rings (SSSR count). The molecular weight excluding hydrogens is 332 g/mol. The Kier molecular flexibility index (Phi) is 9.57. The highest BCUT2D eigenvalue weighted by Crippen LogP contribution is 2.16. The van der Waals surface area contributed by atoms with Crippen LogP contribution in [0, 0.1) is 0 Å². The van der Waals surface area contributed by atoms with E-state index in [-0.39, 0.29) is 6.03 Å². The van der Waals surface area contributed by atoms with Gasteiger partial charge < -0.3 is 15.4 Å². The van der Waals surface area contributed by atoms with E-state index < -0.39 is 0 Å². The summed E-state index contributed by atoms with van der Waals surface area (Å²) in [6, 6.07) is 7.62. The van der Waals surface area contributed by atoms with Crippen LogP contribution in [0.1, 0.15) is 31.7 Å². The Balaban J connectivity index is 2.10. The number of benzene rings is 1. The van der Waals surface area contributed by atoms with Crippen molar-refractivity contribution in [1.29, 1.82) is 0 Å². The van der Waals surface area contributed by atoms with Crippen molar-refractivity contribution in [2.45, 2.75) is 26.2 Å². The number of unbranched alkanes of at least 4 members (excludes halogenated alkanes) is 1. The van der Waals surface area contributed by atoms with Crippen molar-refractivity contribution in [3.8, 4) is 0 Å². The number of hydrogen-bond donors (Lipinski definition) is 2. The summed E-state index contributed by atoms with van der Waals surface area (Å²) < 4.78 is 6.41. The maximum absolute atomic E-state index is 11.5. The van der Waals surface area contributed by atoms with E-state index in [1.54, 1.807) is 6.20 Å². The zero-order chi connectivity index (χ0) is 15.3. The molecule has 0 aliphatic carbocycles. The highest BCUT2D eigenvalue weighted by molar-refractivity contribution is 9.10. The topological polar surface area (TPSA) is 50.4 Å². The fraction of sp³-hybridized carbons (Fsp3) is 0.438. The number of urea groups is 1. The molecule has 0 saturated carbocycles. The second-order valence-electron chi connectivity index (χ2n) is 4.57. The van der Waals surface area contributed by atoms with Crippen LogP contribution in [-0.4, -0.2) is 25.8 Å². The number of ether oxygens (including phenoxy) is 1. The van der Waals surface area contributed by atoms with Gasteiger partial charge in [0.05, 0.1) is 0 Å². The molecule has 5 heteroatoms. The zero-order valence-electron chi connectivity index (χ0n) is 12.4. The van der Waals surface area contributed by atoms with Crippen LogP contribution < -0.4 is 10.6 Å². The molecule has 4 nitrogen and oxygen atoms in total. The van der Waals surface area contributed by atoms with E-state index in [9.17, 15) is 4.79 Å².